The van der Waals surface area contributed by atoms with Crippen molar-refractivity contribution in [2.75, 3.05) is 19.4 Å². The maximum Gasteiger partial charge on any atom is 0.122 e. The van der Waals surface area contributed by atoms with Gasteiger partial charge in [0.15, 0.2) is 0 Å². The highest BCUT2D eigenvalue weighted by molar-refractivity contribution is 7.98. The van der Waals surface area contributed by atoms with Gasteiger partial charge >= 0.3 is 0 Å². The van der Waals surface area contributed by atoms with Crippen molar-refractivity contribution in [3.8, 4) is 5.75 Å². The van der Waals surface area contributed by atoms with Gasteiger partial charge in [0.2, 0.25) is 0 Å². The molecule has 1 aromatic rings. The fourth-order valence-corrected chi connectivity index (χ4v) is 1.86. The minimum Gasteiger partial charge on any atom is -0.496 e. The Bertz CT molecular complexity index is 258. The van der Waals surface area contributed by atoms with E-state index in [4.69, 9.17) is 10.5 Å². The summed E-state index contributed by atoms with van der Waals surface area (Å²) in [6.45, 7) is 0.736. The molecule has 2 N–H and O–H groups in total. The fraction of sp³-hybridized carbons (Fsp3) is 0.400. The van der Waals surface area contributed by atoms with Crippen LogP contribution in [0.4, 0.5) is 0 Å². The van der Waals surface area contributed by atoms with Crippen molar-refractivity contribution in [1.29, 1.82) is 0 Å². The fourth-order valence-electron chi connectivity index (χ4n) is 1.09. The van der Waals surface area contributed by atoms with Gasteiger partial charge in [-0.1, -0.05) is 18.2 Å². The minimum atomic E-state index is 0. The molecule has 0 bridgehead atoms. The Morgan fingerprint density at radius 2 is 2.07 bits per heavy atom. The van der Waals surface area contributed by atoms with Crippen LogP contribution in [0.3, 0.4) is 0 Å². The summed E-state index contributed by atoms with van der Waals surface area (Å²) in [6, 6.07) is 8.08. The molecule has 0 aliphatic carbocycles. The van der Waals surface area contributed by atoms with Gasteiger partial charge < -0.3 is 10.5 Å². The summed E-state index contributed by atoms with van der Waals surface area (Å²) in [5.74, 6) is 2.94. The normalized spacial score (nSPS) is 9.29. The van der Waals surface area contributed by atoms with Gasteiger partial charge in [-0.3, -0.25) is 0 Å². The average molecular weight is 234 g/mol. The van der Waals surface area contributed by atoms with Crippen molar-refractivity contribution in [3.05, 3.63) is 29.8 Å². The lowest BCUT2D eigenvalue weighted by Gasteiger charge is -2.06. The number of thioether (sulfide) groups is 1. The molecule has 0 saturated carbocycles. The molecule has 1 aromatic carbocycles. The highest BCUT2D eigenvalue weighted by Crippen LogP contribution is 2.22. The van der Waals surface area contributed by atoms with Crippen LogP contribution in [0.1, 0.15) is 5.56 Å². The van der Waals surface area contributed by atoms with Crippen molar-refractivity contribution >= 4 is 24.2 Å². The lowest BCUT2D eigenvalue weighted by molar-refractivity contribution is 0.411. The number of rotatable bonds is 5. The van der Waals surface area contributed by atoms with E-state index in [9.17, 15) is 0 Å². The smallest absolute Gasteiger partial charge is 0.122 e. The summed E-state index contributed by atoms with van der Waals surface area (Å²) >= 11 is 1.83. The first-order valence-corrected chi connectivity index (χ1v) is 5.43. The summed E-state index contributed by atoms with van der Waals surface area (Å²) < 4.78 is 5.23. The van der Waals surface area contributed by atoms with E-state index in [1.807, 2.05) is 30.0 Å². The zero-order valence-corrected chi connectivity index (χ0v) is 9.87. The molecule has 0 saturated heterocycles. The second-order valence-corrected chi connectivity index (χ2v) is 3.76. The molecule has 0 radical (unpaired) electrons. The molecular weight excluding hydrogens is 218 g/mol. The van der Waals surface area contributed by atoms with Gasteiger partial charge in [-0.25, -0.2) is 0 Å². The Kier molecular flexibility index (Phi) is 7.76. The number of ether oxygens (including phenoxy) is 1. The van der Waals surface area contributed by atoms with Crippen LogP contribution in [-0.2, 0) is 5.75 Å². The number of nitrogens with two attached hydrogens (primary N) is 1. The van der Waals surface area contributed by atoms with Crippen LogP contribution in [0.2, 0.25) is 0 Å². The van der Waals surface area contributed by atoms with Crippen molar-refractivity contribution in [2.45, 2.75) is 5.75 Å². The first-order valence-electron chi connectivity index (χ1n) is 4.28. The molecule has 0 fully saturated rings. The van der Waals surface area contributed by atoms with Crippen molar-refractivity contribution in [1.82, 2.24) is 0 Å². The van der Waals surface area contributed by atoms with E-state index in [0.29, 0.717) is 0 Å². The molecule has 0 amide bonds. The third kappa shape index (κ3) is 4.22. The Balaban J connectivity index is 0.00000169. The molecule has 4 heteroatoms. The van der Waals surface area contributed by atoms with E-state index in [2.05, 4.69) is 6.07 Å². The zero-order valence-electron chi connectivity index (χ0n) is 8.23. The minimum absolute atomic E-state index is 0. The molecule has 0 aliphatic rings. The number of para-hydroxylation sites is 1. The van der Waals surface area contributed by atoms with Gasteiger partial charge in [0.1, 0.15) is 5.75 Å². The van der Waals surface area contributed by atoms with E-state index in [1.165, 1.54) is 5.56 Å². The Labute approximate surface area is 95.6 Å². The van der Waals surface area contributed by atoms with Crippen LogP contribution >= 0.6 is 24.2 Å². The summed E-state index contributed by atoms with van der Waals surface area (Å²) in [6.07, 6.45) is 0. The first-order chi connectivity index (χ1) is 6.38. The quantitative estimate of drug-likeness (QED) is 0.793. The lowest BCUT2D eigenvalue weighted by Crippen LogP contribution is -2.01. The van der Waals surface area contributed by atoms with Crippen LogP contribution in [0.5, 0.6) is 5.75 Å². The molecule has 2 nitrogen and oxygen atoms in total. The molecular formula is C10H16ClNOS. The third-order valence-electron chi connectivity index (χ3n) is 1.71. The highest BCUT2D eigenvalue weighted by atomic mass is 35.5. The zero-order chi connectivity index (χ0) is 9.52. The van der Waals surface area contributed by atoms with E-state index in [-0.39, 0.29) is 12.4 Å². The predicted octanol–water partition coefficient (Wildman–Crippen LogP) is 2.31. The number of halogens is 1. The van der Waals surface area contributed by atoms with Gasteiger partial charge in [0, 0.05) is 23.6 Å². The first kappa shape index (κ1) is 13.6. The number of benzene rings is 1. The standard InChI is InChI=1S/C10H15NOS.ClH/c1-12-10-5-3-2-4-9(10)8-13-7-6-11;/h2-5H,6-8,11H2,1H3;1H. The van der Waals surface area contributed by atoms with E-state index in [0.717, 1.165) is 23.8 Å². The van der Waals surface area contributed by atoms with Gasteiger partial charge in [0.25, 0.3) is 0 Å². The van der Waals surface area contributed by atoms with Crippen molar-refractivity contribution in [3.63, 3.8) is 0 Å². The van der Waals surface area contributed by atoms with E-state index >= 15 is 0 Å². The number of hydrogen-bond donors (Lipinski definition) is 1. The second-order valence-electron chi connectivity index (χ2n) is 2.65. The summed E-state index contributed by atoms with van der Waals surface area (Å²) in [5, 5.41) is 0. The van der Waals surface area contributed by atoms with E-state index < -0.39 is 0 Å². The largest absolute Gasteiger partial charge is 0.496 e. The molecule has 80 valence electrons. The van der Waals surface area contributed by atoms with Crippen LogP contribution in [-0.4, -0.2) is 19.4 Å². The molecule has 0 spiro atoms. The van der Waals surface area contributed by atoms with E-state index in [1.54, 1.807) is 7.11 Å². The van der Waals surface area contributed by atoms with Gasteiger partial charge in [-0.15, -0.1) is 12.4 Å². The maximum absolute atomic E-state index is 5.41. The van der Waals surface area contributed by atoms with Gasteiger partial charge in [-0.2, -0.15) is 11.8 Å². The van der Waals surface area contributed by atoms with Crippen LogP contribution in [0.25, 0.3) is 0 Å². The van der Waals surface area contributed by atoms with Crippen molar-refractivity contribution in [2.24, 2.45) is 5.73 Å². The van der Waals surface area contributed by atoms with Crippen molar-refractivity contribution < 1.29 is 4.74 Å². The average Bonchev–Trinajstić information content (AvgIpc) is 2.19. The summed E-state index contributed by atoms with van der Waals surface area (Å²) in [4.78, 5) is 0. The third-order valence-corrected chi connectivity index (χ3v) is 2.75. The molecule has 1 rings (SSSR count). The Morgan fingerprint density at radius 3 is 2.71 bits per heavy atom. The SMILES string of the molecule is COc1ccccc1CSCCN.Cl. The van der Waals surface area contributed by atoms with Crippen LogP contribution in [0.15, 0.2) is 24.3 Å². The van der Waals surface area contributed by atoms with Crippen LogP contribution in [0, 0.1) is 0 Å². The molecule has 0 aliphatic heterocycles. The maximum atomic E-state index is 5.41. The van der Waals surface area contributed by atoms with Crippen LogP contribution < -0.4 is 10.5 Å². The predicted molar refractivity (Wildman–Crippen MR) is 65.5 cm³/mol. The summed E-state index contributed by atoms with van der Waals surface area (Å²) in [5.41, 5.74) is 6.65. The Morgan fingerprint density at radius 1 is 1.36 bits per heavy atom. The summed E-state index contributed by atoms with van der Waals surface area (Å²) in [7, 11) is 1.70. The lowest BCUT2D eigenvalue weighted by atomic mass is 10.2. The second kappa shape index (κ2) is 7.97. The molecule has 14 heavy (non-hydrogen) atoms. The topological polar surface area (TPSA) is 35.2 Å². The molecule has 0 atom stereocenters. The molecule has 0 aromatic heterocycles. The highest BCUT2D eigenvalue weighted by Gasteiger charge is 2.00. The monoisotopic (exact) mass is 233 g/mol. The van der Waals surface area contributed by atoms with Gasteiger partial charge in [-0.05, 0) is 6.07 Å². The molecule has 0 unspecified atom stereocenters. The van der Waals surface area contributed by atoms with Gasteiger partial charge in [0.05, 0.1) is 7.11 Å². The Hall–Kier alpha value is -0.380. The number of hydrogen-bond acceptors (Lipinski definition) is 3. The molecule has 0 heterocycles. The number of methoxy groups -OCH3 is 1.